The third-order valence-corrected chi connectivity index (χ3v) is 7.78. The number of alkyl halides is 1. The highest BCUT2D eigenvalue weighted by Gasteiger charge is 2.24. The van der Waals surface area contributed by atoms with Crippen LogP contribution in [0.5, 0.6) is 0 Å². The minimum absolute atomic E-state index is 0.184. The van der Waals surface area contributed by atoms with Crippen LogP contribution in [0, 0.1) is 11.6 Å². The van der Waals surface area contributed by atoms with Crippen molar-refractivity contribution in [3.8, 4) is 11.3 Å². The zero-order valence-electron chi connectivity index (χ0n) is 22.2. The highest BCUT2D eigenvalue weighted by atomic mass is 32.2. The molecule has 41 heavy (non-hydrogen) atoms. The number of sulfonamides is 1. The van der Waals surface area contributed by atoms with Gasteiger partial charge in [-0.15, -0.1) is 0 Å². The van der Waals surface area contributed by atoms with Gasteiger partial charge in [-0.1, -0.05) is 30.3 Å². The van der Waals surface area contributed by atoms with E-state index in [-0.39, 0.29) is 47.4 Å². The van der Waals surface area contributed by atoms with Crippen LogP contribution < -0.4 is 20.9 Å². The van der Waals surface area contributed by atoms with Gasteiger partial charge in [0, 0.05) is 37.2 Å². The SMILES string of the molecule is CC(C)n1c(=O)c(-c2cc(F)c(NS(=O)(=O)Cc3ccccc3)c(F)c2)nc2cnc(N[C@@H]3CNC[C@@H](F)C3)nc21. The van der Waals surface area contributed by atoms with Crippen molar-refractivity contribution in [2.75, 3.05) is 23.1 Å². The first-order chi connectivity index (χ1) is 19.5. The number of piperidine rings is 1. The van der Waals surface area contributed by atoms with Gasteiger partial charge in [-0.3, -0.25) is 14.1 Å². The Hall–Kier alpha value is -4.04. The maximum atomic E-state index is 15.1. The molecule has 0 aliphatic carbocycles. The molecule has 4 aromatic rings. The molecule has 3 heterocycles. The summed E-state index contributed by atoms with van der Waals surface area (Å²) >= 11 is 0. The van der Waals surface area contributed by atoms with Crippen molar-refractivity contribution in [1.29, 1.82) is 0 Å². The predicted molar refractivity (Wildman–Crippen MR) is 150 cm³/mol. The second-order valence-corrected chi connectivity index (χ2v) is 11.8. The van der Waals surface area contributed by atoms with Crippen molar-refractivity contribution in [2.24, 2.45) is 0 Å². The molecule has 0 unspecified atom stereocenters. The highest BCUT2D eigenvalue weighted by molar-refractivity contribution is 7.91. The van der Waals surface area contributed by atoms with Gasteiger partial charge >= 0.3 is 0 Å². The summed E-state index contributed by atoms with van der Waals surface area (Å²) in [5, 5.41) is 6.05. The molecule has 3 N–H and O–H groups in total. The molecule has 1 aliphatic heterocycles. The Kier molecular flexibility index (Phi) is 7.95. The first-order valence-corrected chi connectivity index (χ1v) is 14.6. The monoisotopic (exact) mass is 587 g/mol. The Morgan fingerprint density at radius 3 is 2.46 bits per heavy atom. The summed E-state index contributed by atoms with van der Waals surface area (Å²) in [6.07, 6.45) is 0.637. The summed E-state index contributed by atoms with van der Waals surface area (Å²) in [5.74, 6) is -2.72. The molecule has 14 heteroatoms. The molecule has 216 valence electrons. The maximum Gasteiger partial charge on any atom is 0.278 e. The van der Waals surface area contributed by atoms with Gasteiger partial charge in [-0.2, -0.15) is 4.98 Å². The van der Waals surface area contributed by atoms with E-state index in [0.717, 1.165) is 12.1 Å². The number of benzene rings is 2. The molecule has 0 radical (unpaired) electrons. The minimum Gasteiger partial charge on any atom is -0.350 e. The quantitative estimate of drug-likeness (QED) is 0.284. The van der Waals surface area contributed by atoms with Gasteiger partial charge in [0.25, 0.3) is 5.56 Å². The van der Waals surface area contributed by atoms with Crippen molar-refractivity contribution in [2.45, 2.75) is 44.3 Å². The third kappa shape index (κ3) is 6.33. The molecule has 5 rings (SSSR count). The predicted octanol–water partition coefficient (Wildman–Crippen LogP) is 3.77. The fraction of sp³-hybridized carbons (Fsp3) is 0.333. The van der Waals surface area contributed by atoms with Gasteiger partial charge in [0.2, 0.25) is 16.0 Å². The van der Waals surface area contributed by atoms with Crippen molar-refractivity contribution < 1.29 is 21.6 Å². The number of fused-ring (bicyclic) bond motifs is 1. The first-order valence-electron chi connectivity index (χ1n) is 12.9. The van der Waals surface area contributed by atoms with Gasteiger partial charge in [0.05, 0.1) is 11.9 Å². The molecule has 2 aromatic heterocycles. The summed E-state index contributed by atoms with van der Waals surface area (Å²) < 4.78 is 72.4. The van der Waals surface area contributed by atoms with E-state index >= 15 is 8.78 Å². The highest BCUT2D eigenvalue weighted by Crippen LogP contribution is 2.28. The smallest absolute Gasteiger partial charge is 0.278 e. The van der Waals surface area contributed by atoms with Crippen molar-refractivity contribution in [3.63, 3.8) is 0 Å². The number of halogens is 3. The number of anilines is 2. The van der Waals surface area contributed by atoms with Gasteiger partial charge in [-0.05, 0) is 31.5 Å². The molecule has 0 saturated carbocycles. The number of nitrogens with one attached hydrogen (secondary N) is 3. The minimum atomic E-state index is -4.14. The van der Waals surface area contributed by atoms with E-state index in [1.165, 1.54) is 10.8 Å². The molecule has 2 atom stereocenters. The number of aromatic nitrogens is 4. The summed E-state index contributed by atoms with van der Waals surface area (Å²) in [7, 11) is -4.14. The van der Waals surface area contributed by atoms with Crippen molar-refractivity contribution >= 4 is 32.8 Å². The second-order valence-electron chi connectivity index (χ2n) is 10.1. The van der Waals surface area contributed by atoms with Crippen LogP contribution in [0.1, 0.15) is 31.9 Å². The van der Waals surface area contributed by atoms with E-state index in [0.29, 0.717) is 12.1 Å². The van der Waals surface area contributed by atoms with Crippen molar-refractivity contribution in [3.05, 3.63) is 76.2 Å². The standard InChI is InChI=1S/C27H28F3N7O3S/c1-15(2)37-25-22(13-32-27(35-25)33-19-10-18(28)11-31-12-19)34-23(26(37)38)17-8-20(29)24(21(30)9-17)36-41(39,40)14-16-6-4-3-5-7-16/h3-9,13,15,18-19,31,36H,10-12,14H2,1-2H3,(H,32,33,35)/t18-,19-/m0/s1. The second kappa shape index (κ2) is 11.4. The van der Waals surface area contributed by atoms with E-state index in [4.69, 9.17) is 0 Å². The molecule has 10 nitrogen and oxygen atoms in total. The summed E-state index contributed by atoms with van der Waals surface area (Å²) in [6.45, 7) is 4.28. The Labute approximate surface area is 234 Å². The van der Waals surface area contributed by atoms with E-state index in [1.54, 1.807) is 44.2 Å². The lowest BCUT2D eigenvalue weighted by Crippen LogP contribution is -2.44. The first kappa shape index (κ1) is 28.5. The van der Waals surface area contributed by atoms with Gasteiger partial charge in [0.1, 0.15) is 23.1 Å². The Morgan fingerprint density at radius 1 is 1.10 bits per heavy atom. The van der Waals surface area contributed by atoms with Crippen LogP contribution in [0.15, 0.2) is 53.5 Å². The Balaban J connectivity index is 1.49. The van der Waals surface area contributed by atoms with Gasteiger partial charge in [-0.25, -0.2) is 31.6 Å². The van der Waals surface area contributed by atoms with Crippen LogP contribution in [0.25, 0.3) is 22.4 Å². The van der Waals surface area contributed by atoms with Gasteiger partial charge in [0.15, 0.2) is 17.3 Å². The number of nitrogens with zero attached hydrogens (tertiary/aromatic N) is 4. The fourth-order valence-electron chi connectivity index (χ4n) is 4.71. The Morgan fingerprint density at radius 2 is 1.80 bits per heavy atom. The molecule has 0 bridgehead atoms. The summed E-state index contributed by atoms with van der Waals surface area (Å²) in [4.78, 5) is 26.5. The fourth-order valence-corrected chi connectivity index (χ4v) is 5.92. The molecule has 1 saturated heterocycles. The topological polar surface area (TPSA) is 131 Å². The van der Waals surface area contributed by atoms with Crippen LogP contribution in [-0.4, -0.2) is 53.2 Å². The lowest BCUT2D eigenvalue weighted by atomic mass is 10.1. The van der Waals surface area contributed by atoms with Crippen LogP contribution in [-0.2, 0) is 15.8 Å². The third-order valence-electron chi connectivity index (χ3n) is 6.55. The molecule has 0 spiro atoms. The van der Waals surface area contributed by atoms with E-state index in [2.05, 4.69) is 25.6 Å². The number of hydrogen-bond donors (Lipinski definition) is 3. The van der Waals surface area contributed by atoms with Crippen LogP contribution in [0.4, 0.5) is 24.8 Å². The molecule has 1 aliphatic rings. The van der Waals surface area contributed by atoms with Crippen molar-refractivity contribution in [1.82, 2.24) is 24.8 Å². The lowest BCUT2D eigenvalue weighted by Gasteiger charge is -2.26. The van der Waals surface area contributed by atoms with Crippen LogP contribution in [0.2, 0.25) is 0 Å². The molecule has 0 amide bonds. The van der Waals surface area contributed by atoms with Gasteiger partial charge < -0.3 is 10.6 Å². The maximum absolute atomic E-state index is 15.1. The van der Waals surface area contributed by atoms with E-state index < -0.39 is 50.9 Å². The molecular weight excluding hydrogens is 559 g/mol. The normalized spacial score (nSPS) is 17.6. The largest absolute Gasteiger partial charge is 0.350 e. The zero-order valence-corrected chi connectivity index (χ0v) is 23.1. The number of rotatable bonds is 8. The Bertz CT molecular complexity index is 1730. The molecule has 2 aromatic carbocycles. The average Bonchev–Trinajstić information content (AvgIpc) is 2.90. The summed E-state index contributed by atoms with van der Waals surface area (Å²) in [5.41, 5.74) is -1.14. The lowest BCUT2D eigenvalue weighted by molar-refractivity contribution is 0.254. The number of hydrogen-bond acceptors (Lipinski definition) is 8. The van der Waals surface area contributed by atoms with E-state index in [1.807, 2.05) is 4.72 Å². The molecular formula is C27H28F3N7O3S. The van der Waals surface area contributed by atoms with Crippen LogP contribution in [0.3, 0.4) is 0 Å². The van der Waals surface area contributed by atoms with E-state index in [9.17, 15) is 17.6 Å². The zero-order chi connectivity index (χ0) is 29.3. The molecule has 1 fully saturated rings. The average molecular weight is 588 g/mol. The summed E-state index contributed by atoms with van der Waals surface area (Å²) in [6, 6.07) is 9.21. The van der Waals surface area contributed by atoms with Crippen LogP contribution >= 0.6 is 0 Å².